The molecule has 2 aromatic rings. The number of carbonyl (C=O) groups excluding carboxylic acids is 1. The quantitative estimate of drug-likeness (QED) is 0.882. The highest BCUT2D eigenvalue weighted by molar-refractivity contribution is 7.09. The lowest BCUT2D eigenvalue weighted by molar-refractivity contribution is 0.0935. The van der Waals surface area contributed by atoms with E-state index in [1.807, 2.05) is 13.8 Å². The van der Waals surface area contributed by atoms with Crippen molar-refractivity contribution in [2.75, 3.05) is 0 Å². The van der Waals surface area contributed by atoms with E-state index in [-0.39, 0.29) is 18.0 Å². The second-order valence-electron chi connectivity index (χ2n) is 4.72. The molecular weight excluding hydrogens is 329 g/mol. The number of amides is 1. The van der Waals surface area contributed by atoms with E-state index in [0.717, 1.165) is 10.6 Å². The van der Waals surface area contributed by atoms with E-state index in [1.165, 1.54) is 11.3 Å². The van der Waals surface area contributed by atoms with Gasteiger partial charge < -0.3 is 11.1 Å². The highest BCUT2D eigenvalue weighted by Crippen LogP contribution is 2.26. The van der Waals surface area contributed by atoms with Gasteiger partial charge >= 0.3 is 0 Å². The van der Waals surface area contributed by atoms with Crippen LogP contribution in [0.15, 0.2) is 23.6 Å². The van der Waals surface area contributed by atoms with Gasteiger partial charge in [0.25, 0.3) is 5.91 Å². The van der Waals surface area contributed by atoms with Crippen molar-refractivity contribution in [3.8, 4) is 0 Å². The van der Waals surface area contributed by atoms with Crippen molar-refractivity contribution in [1.29, 1.82) is 0 Å². The lowest BCUT2D eigenvalue weighted by Gasteiger charge is -2.15. The molecule has 1 aromatic heterocycles. The van der Waals surface area contributed by atoms with Crippen LogP contribution in [-0.2, 0) is 0 Å². The monoisotopic (exact) mass is 343 g/mol. The molecule has 2 atom stereocenters. The fourth-order valence-corrected chi connectivity index (χ4v) is 3.13. The number of nitrogens with zero attached hydrogens (tertiary/aromatic N) is 1. The normalized spacial score (nSPS) is 13.8. The van der Waals surface area contributed by atoms with Gasteiger partial charge in [0.1, 0.15) is 10.7 Å². The molecule has 4 nitrogen and oxygen atoms in total. The molecule has 1 aromatic carbocycles. The van der Waals surface area contributed by atoms with E-state index in [2.05, 4.69) is 10.3 Å². The molecule has 0 saturated heterocycles. The van der Waals surface area contributed by atoms with Crippen molar-refractivity contribution in [2.45, 2.75) is 25.9 Å². The van der Waals surface area contributed by atoms with Crippen LogP contribution in [0, 0.1) is 0 Å². The predicted molar refractivity (Wildman–Crippen MR) is 87.1 cm³/mol. The summed E-state index contributed by atoms with van der Waals surface area (Å²) in [6.45, 7) is 3.68. The molecule has 7 heteroatoms. The lowest BCUT2D eigenvalue weighted by atomic mass is 10.1. The van der Waals surface area contributed by atoms with Crippen LogP contribution in [0.1, 0.15) is 47.0 Å². The van der Waals surface area contributed by atoms with E-state index in [4.69, 9.17) is 28.9 Å². The number of rotatable bonds is 4. The van der Waals surface area contributed by atoms with E-state index in [0.29, 0.717) is 15.7 Å². The van der Waals surface area contributed by atoms with Crippen LogP contribution in [0.5, 0.6) is 0 Å². The Morgan fingerprint density at radius 2 is 2.10 bits per heavy atom. The van der Waals surface area contributed by atoms with Crippen molar-refractivity contribution in [3.05, 3.63) is 49.9 Å². The van der Waals surface area contributed by atoms with Crippen LogP contribution >= 0.6 is 34.5 Å². The van der Waals surface area contributed by atoms with E-state index >= 15 is 0 Å². The van der Waals surface area contributed by atoms with Crippen molar-refractivity contribution >= 4 is 40.4 Å². The number of carbonyl (C=O) groups is 1. The second kappa shape index (κ2) is 6.75. The third-order valence-electron chi connectivity index (χ3n) is 2.92. The molecule has 0 radical (unpaired) electrons. The summed E-state index contributed by atoms with van der Waals surface area (Å²) in [6, 6.07) is 4.76. The summed E-state index contributed by atoms with van der Waals surface area (Å²) in [5.74, 6) is -0.253. The zero-order chi connectivity index (χ0) is 15.6. The Hall–Kier alpha value is -1.14. The number of nitrogens with one attached hydrogen (secondary N) is 1. The van der Waals surface area contributed by atoms with Gasteiger partial charge in [-0.2, -0.15) is 0 Å². The van der Waals surface area contributed by atoms with Gasteiger partial charge in [0.05, 0.1) is 12.1 Å². The fraction of sp³-hybridized carbons (Fsp3) is 0.286. The van der Waals surface area contributed by atoms with Crippen molar-refractivity contribution in [3.63, 3.8) is 0 Å². The summed E-state index contributed by atoms with van der Waals surface area (Å²) in [6.07, 6.45) is 0. The Balaban J connectivity index is 2.11. The minimum atomic E-state index is -0.253. The first-order valence-corrected chi connectivity index (χ1v) is 7.99. The Labute approximate surface area is 137 Å². The van der Waals surface area contributed by atoms with Gasteiger partial charge in [-0.25, -0.2) is 4.98 Å². The van der Waals surface area contributed by atoms with E-state index in [9.17, 15) is 4.79 Å². The molecule has 0 saturated carbocycles. The first-order chi connectivity index (χ1) is 9.88. The number of benzene rings is 1. The van der Waals surface area contributed by atoms with E-state index in [1.54, 1.807) is 23.6 Å². The summed E-state index contributed by atoms with van der Waals surface area (Å²) in [5, 5.41) is 6.37. The van der Waals surface area contributed by atoms with Crippen LogP contribution in [0.4, 0.5) is 0 Å². The number of hydrogen-bond donors (Lipinski definition) is 2. The molecule has 0 fully saturated rings. The summed E-state index contributed by atoms with van der Waals surface area (Å²) in [4.78, 5) is 16.4. The molecule has 0 bridgehead atoms. The van der Waals surface area contributed by atoms with Gasteiger partial charge in [-0.3, -0.25) is 4.79 Å². The van der Waals surface area contributed by atoms with Crippen LogP contribution in [0.25, 0.3) is 0 Å². The Morgan fingerprint density at radius 1 is 1.38 bits per heavy atom. The number of aromatic nitrogens is 1. The molecule has 1 amide bonds. The Kier molecular flexibility index (Phi) is 5.22. The molecule has 1 heterocycles. The highest BCUT2D eigenvalue weighted by Gasteiger charge is 2.17. The van der Waals surface area contributed by atoms with Crippen molar-refractivity contribution in [1.82, 2.24) is 10.3 Å². The number of thiazole rings is 1. The predicted octanol–water partition coefficient (Wildman–Crippen LogP) is 3.96. The zero-order valence-electron chi connectivity index (χ0n) is 11.6. The van der Waals surface area contributed by atoms with Gasteiger partial charge in [-0.1, -0.05) is 29.3 Å². The van der Waals surface area contributed by atoms with Gasteiger partial charge in [0.15, 0.2) is 0 Å². The maximum Gasteiger partial charge on any atom is 0.271 e. The van der Waals surface area contributed by atoms with Gasteiger partial charge in [0.2, 0.25) is 0 Å². The average molecular weight is 344 g/mol. The summed E-state index contributed by atoms with van der Waals surface area (Å²) < 4.78 is 0. The third kappa shape index (κ3) is 3.95. The molecule has 0 aliphatic rings. The zero-order valence-corrected chi connectivity index (χ0v) is 13.9. The lowest BCUT2D eigenvalue weighted by Crippen LogP contribution is -2.27. The molecule has 0 spiro atoms. The minimum Gasteiger partial charge on any atom is -0.344 e. The topological polar surface area (TPSA) is 68.0 Å². The van der Waals surface area contributed by atoms with Crippen LogP contribution in [0.3, 0.4) is 0 Å². The molecule has 0 aliphatic heterocycles. The number of halogens is 2. The maximum atomic E-state index is 12.2. The fourth-order valence-electron chi connectivity index (χ4n) is 1.80. The summed E-state index contributed by atoms with van der Waals surface area (Å²) >= 11 is 13.4. The second-order valence-corrected chi connectivity index (χ2v) is 6.45. The summed E-state index contributed by atoms with van der Waals surface area (Å²) in [5.41, 5.74) is 6.91. The van der Waals surface area contributed by atoms with Crippen molar-refractivity contribution in [2.24, 2.45) is 5.73 Å². The average Bonchev–Trinajstić information content (AvgIpc) is 2.88. The standard InChI is InChI=1S/C14H15Cl2N3OS/c1-7(17)14-19-12(6-21-14)13(20)18-8(2)10-4-3-9(15)5-11(10)16/h3-8H,17H2,1-2H3,(H,18,20). The van der Waals surface area contributed by atoms with Gasteiger partial charge in [-0.15, -0.1) is 11.3 Å². The van der Waals surface area contributed by atoms with Crippen LogP contribution in [-0.4, -0.2) is 10.9 Å². The SMILES string of the molecule is CC(N)c1nc(C(=O)NC(C)c2ccc(Cl)cc2Cl)cs1. The van der Waals surface area contributed by atoms with Gasteiger partial charge in [-0.05, 0) is 31.5 Å². The first-order valence-electron chi connectivity index (χ1n) is 6.35. The minimum absolute atomic E-state index is 0.181. The molecule has 2 rings (SSSR count). The van der Waals surface area contributed by atoms with Gasteiger partial charge in [0, 0.05) is 15.4 Å². The van der Waals surface area contributed by atoms with Crippen molar-refractivity contribution < 1.29 is 4.79 Å². The summed E-state index contributed by atoms with van der Waals surface area (Å²) in [7, 11) is 0. The third-order valence-corrected chi connectivity index (χ3v) is 4.53. The maximum absolute atomic E-state index is 12.2. The largest absolute Gasteiger partial charge is 0.344 e. The molecule has 2 unspecified atom stereocenters. The molecule has 21 heavy (non-hydrogen) atoms. The molecule has 3 N–H and O–H groups in total. The van der Waals surface area contributed by atoms with Crippen LogP contribution in [0.2, 0.25) is 10.0 Å². The number of hydrogen-bond acceptors (Lipinski definition) is 4. The van der Waals surface area contributed by atoms with E-state index < -0.39 is 0 Å². The first kappa shape index (κ1) is 16.2. The molecule has 0 aliphatic carbocycles. The number of nitrogens with two attached hydrogens (primary N) is 1. The Bertz CT molecular complexity index is 657. The molecule has 112 valence electrons. The Morgan fingerprint density at radius 3 is 2.67 bits per heavy atom. The molecular formula is C14H15Cl2N3OS. The van der Waals surface area contributed by atoms with Crippen LogP contribution < -0.4 is 11.1 Å². The highest BCUT2D eigenvalue weighted by atomic mass is 35.5. The smallest absolute Gasteiger partial charge is 0.271 e.